The van der Waals surface area contributed by atoms with Gasteiger partial charge in [0.15, 0.2) is 6.04 Å². The summed E-state index contributed by atoms with van der Waals surface area (Å²) >= 11 is 0. The van der Waals surface area contributed by atoms with E-state index in [4.69, 9.17) is 25.7 Å². The molecule has 0 radical (unpaired) electrons. The monoisotopic (exact) mass is 414 g/mol. The fourth-order valence-corrected chi connectivity index (χ4v) is 2.80. The van der Waals surface area contributed by atoms with Crippen LogP contribution in [0.3, 0.4) is 0 Å². The van der Waals surface area contributed by atoms with E-state index in [2.05, 4.69) is 20.8 Å². The molecule has 0 unspecified atom stereocenters. The molecule has 0 bridgehead atoms. The van der Waals surface area contributed by atoms with E-state index in [1.807, 2.05) is 0 Å². The molecule has 29 heavy (non-hydrogen) atoms. The van der Waals surface area contributed by atoms with Gasteiger partial charge in [0.2, 0.25) is 17.7 Å². The summed E-state index contributed by atoms with van der Waals surface area (Å²) in [5.74, 6) is -1.84. The number of amides is 3. The van der Waals surface area contributed by atoms with Crippen LogP contribution in [0.2, 0.25) is 0 Å². The summed E-state index contributed by atoms with van der Waals surface area (Å²) in [5, 5.41) is 31.0. The third kappa shape index (κ3) is 6.10. The van der Waals surface area contributed by atoms with Crippen LogP contribution in [0.4, 0.5) is 4.79 Å². The van der Waals surface area contributed by atoms with Crippen molar-refractivity contribution < 1.29 is 33.8 Å². The highest BCUT2D eigenvalue weighted by atomic mass is 16.5. The fourth-order valence-electron chi connectivity index (χ4n) is 2.80. The maximum Gasteiger partial charge on any atom is 0.328 e. The predicted octanol–water partition coefficient (Wildman–Crippen LogP) is -1.53. The minimum Gasteiger partial charge on any atom is -0.480 e. The number of aliphatic carboxylic acids is 1. The molecule has 1 aliphatic rings. The number of nitrogens with one attached hydrogen (secondary N) is 2. The Morgan fingerprint density at radius 1 is 1.24 bits per heavy atom. The van der Waals surface area contributed by atoms with Gasteiger partial charge in [-0.25, -0.2) is 9.59 Å². The number of aliphatic hydroxyl groups excluding tert-OH is 1. The number of hydrogen-bond acceptors (Lipinski definition) is 9. The maximum absolute atomic E-state index is 12.2. The summed E-state index contributed by atoms with van der Waals surface area (Å²) in [6.45, 7) is 2.11. The second-order valence-electron chi connectivity index (χ2n) is 6.95. The first kappa shape index (κ1) is 22.5. The number of aliphatic hydroxyl groups is 1. The second-order valence-corrected chi connectivity index (χ2v) is 6.95. The molecule has 13 nitrogen and oxygen atoms in total. The Labute approximate surface area is 166 Å². The van der Waals surface area contributed by atoms with Gasteiger partial charge in [0.1, 0.15) is 6.04 Å². The molecule has 1 saturated heterocycles. The first-order chi connectivity index (χ1) is 13.6. The number of nitrogens with zero attached hydrogens (tertiary/aromatic N) is 2. The first-order valence-corrected chi connectivity index (χ1v) is 9.09. The molecule has 3 amide bonds. The highest BCUT2D eigenvalue weighted by Crippen LogP contribution is 2.29. The van der Waals surface area contributed by atoms with Crippen LogP contribution < -0.4 is 22.1 Å². The van der Waals surface area contributed by atoms with Crippen LogP contribution in [-0.2, 0) is 19.9 Å². The minimum atomic E-state index is -1.53. The number of ether oxygens (including phenoxy) is 1. The zero-order valence-electron chi connectivity index (χ0n) is 16.0. The van der Waals surface area contributed by atoms with Crippen LogP contribution in [0.25, 0.3) is 0 Å². The number of primary amides is 1. The lowest BCUT2D eigenvalue weighted by atomic mass is 9.91. The minimum absolute atomic E-state index is 0.00311. The predicted molar refractivity (Wildman–Crippen MR) is 96.2 cm³/mol. The molecule has 1 fully saturated rings. The van der Waals surface area contributed by atoms with Gasteiger partial charge >= 0.3 is 12.0 Å². The topological polar surface area (TPSA) is 216 Å². The molecule has 13 heteroatoms. The second kappa shape index (κ2) is 9.62. The van der Waals surface area contributed by atoms with Crippen LogP contribution in [0, 0.1) is 0 Å². The maximum atomic E-state index is 12.2. The molecule has 162 valence electrons. The van der Waals surface area contributed by atoms with Crippen LogP contribution in [-0.4, -0.2) is 63.7 Å². The largest absolute Gasteiger partial charge is 0.480 e. The third-order valence-corrected chi connectivity index (χ3v) is 4.57. The van der Waals surface area contributed by atoms with Crippen molar-refractivity contribution in [1.29, 1.82) is 0 Å². The Kier molecular flexibility index (Phi) is 7.47. The Bertz CT molecular complexity index is 731. The molecule has 1 aromatic heterocycles. The van der Waals surface area contributed by atoms with Crippen molar-refractivity contribution in [3.8, 4) is 0 Å². The number of hydrogen-bond donors (Lipinski definition) is 6. The highest BCUT2D eigenvalue weighted by molar-refractivity contribution is 5.83. The van der Waals surface area contributed by atoms with Gasteiger partial charge in [-0.1, -0.05) is 0 Å². The van der Waals surface area contributed by atoms with E-state index in [-0.39, 0.29) is 24.6 Å². The van der Waals surface area contributed by atoms with Crippen molar-refractivity contribution in [1.82, 2.24) is 20.8 Å². The average molecular weight is 414 g/mol. The normalized spacial score (nSPS) is 19.0. The Balaban J connectivity index is 2.14. The average Bonchev–Trinajstić information content (AvgIpc) is 3.14. The number of nitrogens with two attached hydrogens (primary N) is 2. The summed E-state index contributed by atoms with van der Waals surface area (Å²) < 4.78 is 10.9. The van der Waals surface area contributed by atoms with Crippen molar-refractivity contribution in [2.45, 2.75) is 56.3 Å². The fraction of sp³-hybridized carbons (Fsp3) is 0.688. The SMILES string of the molecule is C[C@H](O)[C@H](NC(=O)N[C@@H](CCC(N)=O)c1nnc(C2(N)CCOCC2)o1)C(=O)O. The van der Waals surface area contributed by atoms with E-state index in [1.165, 1.54) is 6.92 Å². The van der Waals surface area contributed by atoms with Gasteiger partial charge in [0.25, 0.3) is 0 Å². The van der Waals surface area contributed by atoms with E-state index in [0.717, 1.165) is 0 Å². The van der Waals surface area contributed by atoms with Gasteiger partial charge in [0, 0.05) is 19.6 Å². The van der Waals surface area contributed by atoms with E-state index in [0.29, 0.717) is 26.1 Å². The lowest BCUT2D eigenvalue weighted by molar-refractivity contribution is -0.141. The molecule has 2 heterocycles. The zero-order chi connectivity index (χ0) is 21.6. The Morgan fingerprint density at radius 2 is 1.90 bits per heavy atom. The van der Waals surface area contributed by atoms with E-state index >= 15 is 0 Å². The zero-order valence-corrected chi connectivity index (χ0v) is 16.0. The van der Waals surface area contributed by atoms with Crippen LogP contribution in [0.5, 0.6) is 0 Å². The molecule has 1 aromatic rings. The third-order valence-electron chi connectivity index (χ3n) is 4.57. The lowest BCUT2D eigenvalue weighted by Crippen LogP contribution is -2.51. The molecular formula is C16H26N6O7. The molecule has 0 aliphatic carbocycles. The van der Waals surface area contributed by atoms with Crippen LogP contribution in [0.1, 0.15) is 50.4 Å². The lowest BCUT2D eigenvalue weighted by Gasteiger charge is -2.29. The van der Waals surface area contributed by atoms with Gasteiger partial charge in [-0.3, -0.25) is 4.79 Å². The number of carboxylic acids is 1. The molecule has 0 aromatic carbocycles. The Hall–Kier alpha value is -2.77. The van der Waals surface area contributed by atoms with Gasteiger partial charge in [-0.15, -0.1) is 10.2 Å². The molecular weight excluding hydrogens is 388 g/mol. The number of carbonyl (C=O) groups is 3. The van der Waals surface area contributed by atoms with Gasteiger partial charge in [0.05, 0.1) is 11.6 Å². The Morgan fingerprint density at radius 3 is 2.45 bits per heavy atom. The molecule has 3 atom stereocenters. The quantitative estimate of drug-likeness (QED) is 0.274. The van der Waals surface area contributed by atoms with Crippen molar-refractivity contribution in [2.75, 3.05) is 13.2 Å². The molecule has 2 rings (SSSR count). The summed E-state index contributed by atoms with van der Waals surface area (Å²) in [6, 6.07) is -3.35. The summed E-state index contributed by atoms with van der Waals surface area (Å²) in [7, 11) is 0. The number of carboxylic acid groups (broad SMARTS) is 1. The van der Waals surface area contributed by atoms with E-state index in [9.17, 15) is 19.5 Å². The van der Waals surface area contributed by atoms with Crippen molar-refractivity contribution in [3.05, 3.63) is 11.8 Å². The van der Waals surface area contributed by atoms with Gasteiger partial charge in [-0.05, 0) is 26.2 Å². The molecule has 8 N–H and O–H groups in total. The van der Waals surface area contributed by atoms with Crippen molar-refractivity contribution in [2.24, 2.45) is 11.5 Å². The van der Waals surface area contributed by atoms with Gasteiger partial charge in [-0.2, -0.15) is 0 Å². The number of rotatable bonds is 9. The molecule has 0 spiro atoms. The molecule has 0 saturated carbocycles. The number of carbonyl (C=O) groups excluding carboxylic acids is 2. The van der Waals surface area contributed by atoms with Crippen LogP contribution >= 0.6 is 0 Å². The summed E-state index contributed by atoms with van der Waals surface area (Å²) in [4.78, 5) is 34.5. The highest BCUT2D eigenvalue weighted by Gasteiger charge is 2.36. The first-order valence-electron chi connectivity index (χ1n) is 9.09. The van der Waals surface area contributed by atoms with Gasteiger partial charge < -0.3 is 41.5 Å². The van der Waals surface area contributed by atoms with Crippen molar-refractivity contribution in [3.63, 3.8) is 0 Å². The smallest absolute Gasteiger partial charge is 0.328 e. The molecule has 1 aliphatic heterocycles. The van der Waals surface area contributed by atoms with Crippen LogP contribution in [0.15, 0.2) is 4.42 Å². The summed E-state index contributed by atoms with van der Waals surface area (Å²) in [5.41, 5.74) is 10.6. The summed E-state index contributed by atoms with van der Waals surface area (Å²) in [6.07, 6.45) is -0.435. The number of aromatic nitrogens is 2. The van der Waals surface area contributed by atoms with E-state index < -0.39 is 41.6 Å². The van der Waals surface area contributed by atoms with E-state index in [1.54, 1.807) is 0 Å². The van der Waals surface area contributed by atoms with Crippen molar-refractivity contribution >= 4 is 17.9 Å². The number of urea groups is 1. The standard InChI is InChI=1S/C16H26N6O7/c1-8(23)11(13(25)26)20-15(27)19-9(2-3-10(17)24)12-21-22-14(29-12)16(18)4-6-28-7-5-16/h8-9,11,23H,2-7,18H2,1H3,(H2,17,24)(H,25,26)(H2,19,20,27)/t8-,9-,11-/m0/s1.